The molecule has 0 aromatic heterocycles. The fourth-order valence-corrected chi connectivity index (χ4v) is 3.36. The lowest BCUT2D eigenvalue weighted by Crippen LogP contribution is -2.19. The van der Waals surface area contributed by atoms with Gasteiger partial charge in [0.2, 0.25) is 0 Å². The molecule has 0 N–H and O–H groups in total. The number of Topliss-reactive ketones (excluding diaryl/α,β-unsaturated/α-hetero) is 1. The second-order valence-corrected chi connectivity index (χ2v) is 7.92. The number of carbonyl (C=O) groups is 1. The van der Waals surface area contributed by atoms with Gasteiger partial charge in [-0.15, -0.1) is 0 Å². The van der Waals surface area contributed by atoms with Crippen LogP contribution in [-0.2, 0) is 9.53 Å². The molecular weight excluding hydrogens is 332 g/mol. The minimum Gasteiger partial charge on any atom is -0.498 e. The molecule has 2 heteroatoms. The molecule has 0 saturated heterocycles. The minimum absolute atomic E-state index is 0.228. The maximum atomic E-state index is 12.9. The van der Waals surface area contributed by atoms with Crippen LogP contribution >= 0.6 is 0 Å². The Kier molecular flexibility index (Phi) is 10.8. The van der Waals surface area contributed by atoms with E-state index in [0.29, 0.717) is 24.7 Å². The van der Waals surface area contributed by atoms with Crippen LogP contribution in [0.15, 0.2) is 59.4 Å². The van der Waals surface area contributed by atoms with Gasteiger partial charge in [-0.05, 0) is 65.7 Å². The van der Waals surface area contributed by atoms with Gasteiger partial charge in [-0.1, -0.05) is 60.6 Å². The fraction of sp³-hybridized carbons (Fsp3) is 0.560. The molecule has 0 amide bonds. The van der Waals surface area contributed by atoms with Crippen LogP contribution in [0.25, 0.3) is 0 Å². The molecule has 0 heterocycles. The van der Waals surface area contributed by atoms with Crippen molar-refractivity contribution in [2.24, 2.45) is 11.8 Å². The minimum atomic E-state index is -0.228. The molecule has 2 nitrogen and oxygen atoms in total. The predicted octanol–water partition coefficient (Wildman–Crippen LogP) is 7.11. The van der Waals surface area contributed by atoms with Gasteiger partial charge in [0, 0.05) is 6.42 Å². The first-order chi connectivity index (χ1) is 12.8. The average Bonchev–Trinajstić information content (AvgIpc) is 2.59. The van der Waals surface area contributed by atoms with E-state index in [4.69, 9.17) is 4.74 Å². The molecule has 0 fully saturated rings. The zero-order valence-electron chi connectivity index (χ0n) is 18.0. The van der Waals surface area contributed by atoms with Gasteiger partial charge < -0.3 is 4.74 Å². The van der Waals surface area contributed by atoms with E-state index in [1.807, 2.05) is 6.92 Å². The molecule has 0 saturated carbocycles. The Hall–Kier alpha value is -1.83. The van der Waals surface area contributed by atoms with Gasteiger partial charge >= 0.3 is 0 Å². The van der Waals surface area contributed by atoms with Gasteiger partial charge in [0.05, 0.1) is 18.3 Å². The first kappa shape index (κ1) is 23.2. The summed E-state index contributed by atoms with van der Waals surface area (Å²) in [7, 11) is 0. The summed E-state index contributed by atoms with van der Waals surface area (Å²) in [6.45, 7) is 15.2. The summed E-state index contributed by atoms with van der Waals surface area (Å²) in [6, 6.07) is 0. The van der Waals surface area contributed by atoms with Crippen LogP contribution in [-0.4, -0.2) is 12.4 Å². The van der Waals surface area contributed by atoms with E-state index in [1.54, 1.807) is 0 Å². The number of hydrogen-bond acceptors (Lipinski definition) is 2. The smallest absolute Gasteiger partial charge is 0.144 e. The van der Waals surface area contributed by atoms with Crippen LogP contribution in [0.5, 0.6) is 0 Å². The Bertz CT molecular complexity index is 612. The molecule has 0 aliphatic heterocycles. The van der Waals surface area contributed by atoms with Crippen LogP contribution < -0.4 is 0 Å². The first-order valence-electron chi connectivity index (χ1n) is 10.3. The van der Waals surface area contributed by atoms with Gasteiger partial charge in [-0.3, -0.25) is 4.79 Å². The van der Waals surface area contributed by atoms with Gasteiger partial charge in [0.1, 0.15) is 5.78 Å². The Morgan fingerprint density at radius 1 is 1.26 bits per heavy atom. The number of rotatable bonds is 12. The molecule has 1 aliphatic rings. The summed E-state index contributed by atoms with van der Waals surface area (Å²) >= 11 is 0. The van der Waals surface area contributed by atoms with Gasteiger partial charge in [-0.2, -0.15) is 0 Å². The monoisotopic (exact) mass is 370 g/mol. The highest BCUT2D eigenvalue weighted by atomic mass is 16.5. The Labute approximate surface area is 166 Å². The molecule has 2 unspecified atom stereocenters. The zero-order chi connectivity index (χ0) is 20.2. The molecule has 0 bridgehead atoms. The fourth-order valence-electron chi connectivity index (χ4n) is 3.36. The number of hydrogen-bond donors (Lipinski definition) is 0. The van der Waals surface area contributed by atoms with Crippen LogP contribution in [0.2, 0.25) is 0 Å². The van der Waals surface area contributed by atoms with E-state index < -0.39 is 0 Å². The maximum absolute atomic E-state index is 12.9. The summed E-state index contributed by atoms with van der Waals surface area (Å²) in [4.78, 5) is 12.9. The van der Waals surface area contributed by atoms with Crippen molar-refractivity contribution in [3.05, 3.63) is 59.4 Å². The van der Waals surface area contributed by atoms with E-state index in [0.717, 1.165) is 32.1 Å². The predicted molar refractivity (Wildman–Crippen MR) is 117 cm³/mol. The lowest BCUT2D eigenvalue weighted by atomic mass is 9.85. The molecular formula is C25H38O2. The summed E-state index contributed by atoms with van der Waals surface area (Å²) < 4.78 is 5.61. The van der Waals surface area contributed by atoms with Crippen molar-refractivity contribution in [2.45, 2.75) is 73.1 Å². The zero-order valence-corrected chi connectivity index (χ0v) is 18.0. The van der Waals surface area contributed by atoms with E-state index in [-0.39, 0.29) is 11.7 Å². The number of ether oxygens (including phenoxy) is 1. The normalized spacial score (nSPS) is 17.9. The molecule has 1 aliphatic carbocycles. The summed E-state index contributed by atoms with van der Waals surface area (Å²) in [5, 5.41) is 0. The van der Waals surface area contributed by atoms with Gasteiger partial charge in [-0.25, -0.2) is 0 Å². The molecule has 2 atom stereocenters. The maximum Gasteiger partial charge on any atom is 0.144 e. The Balaban J connectivity index is 2.63. The molecule has 1 rings (SSSR count). The molecule has 0 spiro atoms. The van der Waals surface area contributed by atoms with Crippen LogP contribution in [0.1, 0.15) is 73.1 Å². The van der Waals surface area contributed by atoms with E-state index in [2.05, 4.69) is 64.7 Å². The van der Waals surface area contributed by atoms with Crippen molar-refractivity contribution in [1.29, 1.82) is 0 Å². The van der Waals surface area contributed by atoms with Gasteiger partial charge in [0.25, 0.3) is 0 Å². The molecule has 0 radical (unpaired) electrons. The third-order valence-electron chi connectivity index (χ3n) is 4.90. The van der Waals surface area contributed by atoms with Crippen LogP contribution in [0, 0.1) is 11.8 Å². The summed E-state index contributed by atoms with van der Waals surface area (Å²) in [6.07, 6.45) is 16.2. The number of ketones is 1. The first-order valence-corrected chi connectivity index (χ1v) is 10.3. The van der Waals surface area contributed by atoms with Crippen molar-refractivity contribution < 1.29 is 9.53 Å². The lowest BCUT2D eigenvalue weighted by Gasteiger charge is -2.22. The largest absolute Gasteiger partial charge is 0.498 e. The van der Waals surface area contributed by atoms with Crippen molar-refractivity contribution in [1.82, 2.24) is 0 Å². The molecule has 150 valence electrons. The lowest BCUT2D eigenvalue weighted by molar-refractivity contribution is -0.122. The molecule has 27 heavy (non-hydrogen) atoms. The topological polar surface area (TPSA) is 26.3 Å². The van der Waals surface area contributed by atoms with E-state index >= 15 is 0 Å². The second kappa shape index (κ2) is 12.5. The average molecular weight is 371 g/mol. The van der Waals surface area contributed by atoms with Crippen LogP contribution in [0.3, 0.4) is 0 Å². The van der Waals surface area contributed by atoms with Crippen molar-refractivity contribution in [2.75, 3.05) is 6.61 Å². The van der Waals surface area contributed by atoms with Crippen molar-refractivity contribution in [3.63, 3.8) is 0 Å². The van der Waals surface area contributed by atoms with Gasteiger partial charge in [0.15, 0.2) is 0 Å². The number of carbonyl (C=O) groups excluding carboxylic acids is 1. The highest BCUT2D eigenvalue weighted by Crippen LogP contribution is 2.29. The highest BCUT2D eigenvalue weighted by molar-refractivity contribution is 5.83. The Morgan fingerprint density at radius 3 is 2.59 bits per heavy atom. The third-order valence-corrected chi connectivity index (χ3v) is 4.90. The standard InChI is InChI=1S/C25H38O2/c1-7-27-22(6)24(18-23-15-9-14-21(5)17-23)25(26)16-10-13-20(4)12-8-11-19(2)3/h9,11,13-15,21,24H,6-8,10,12,16-18H2,1-5H3/b20-13+. The number of allylic oxidation sites excluding steroid dienone is 9. The Morgan fingerprint density at radius 2 is 1.96 bits per heavy atom. The van der Waals surface area contributed by atoms with Crippen LogP contribution in [0.4, 0.5) is 0 Å². The second-order valence-electron chi connectivity index (χ2n) is 7.92. The van der Waals surface area contributed by atoms with E-state index in [1.165, 1.54) is 16.7 Å². The SMILES string of the molecule is C=C(OCC)C(CC1=CC=CC(C)C1)C(=O)CC/C=C(\C)CCC=C(C)C. The highest BCUT2D eigenvalue weighted by Gasteiger charge is 2.24. The van der Waals surface area contributed by atoms with Crippen molar-refractivity contribution >= 4 is 5.78 Å². The quantitative estimate of drug-likeness (QED) is 0.270. The summed E-state index contributed by atoms with van der Waals surface area (Å²) in [5.41, 5.74) is 4.03. The molecule has 0 aromatic carbocycles. The molecule has 0 aromatic rings. The third kappa shape index (κ3) is 9.60. The summed E-state index contributed by atoms with van der Waals surface area (Å²) in [5.74, 6) is 1.17. The van der Waals surface area contributed by atoms with E-state index in [9.17, 15) is 4.79 Å². The van der Waals surface area contributed by atoms with Crippen molar-refractivity contribution in [3.8, 4) is 0 Å².